The Labute approximate surface area is 317 Å². The standard InChI is InChI=1S/C48H30N2O6/c51-43-42(44(52)46(54)47(55)45(43)53)50-38-14-5-2-9-32(38)36-25-28(19-23-40(36)50)27-18-22-39-35(24-27)31-8-1-4-13-37(31)49(39)29-20-16-26(17-21-29)30-11-7-12-34-33-10-3-6-15-41(33)56-48(30)34/h1-25,51-55H. The van der Waals surface area contributed by atoms with Gasteiger partial charge in [0.25, 0.3) is 0 Å². The summed E-state index contributed by atoms with van der Waals surface area (Å²) >= 11 is 0. The summed E-state index contributed by atoms with van der Waals surface area (Å²) in [5.41, 5.74) is 10.0. The minimum atomic E-state index is -1.00. The molecule has 5 N–H and O–H groups in total. The predicted octanol–water partition coefficient (Wildman–Crippen LogP) is 11.6. The van der Waals surface area contributed by atoms with E-state index in [1.165, 1.54) is 0 Å². The number of aromatic nitrogens is 2. The van der Waals surface area contributed by atoms with Gasteiger partial charge in [0.1, 0.15) is 16.9 Å². The number of phenols is 5. The molecule has 0 radical (unpaired) electrons. The summed E-state index contributed by atoms with van der Waals surface area (Å²) in [6.07, 6.45) is 0. The van der Waals surface area contributed by atoms with Gasteiger partial charge in [0.2, 0.25) is 17.2 Å². The maximum Gasteiger partial charge on any atom is 0.208 e. The van der Waals surface area contributed by atoms with Crippen molar-refractivity contribution >= 4 is 65.6 Å². The average molecular weight is 731 g/mol. The zero-order chi connectivity index (χ0) is 37.8. The van der Waals surface area contributed by atoms with Gasteiger partial charge in [-0.05, 0) is 71.3 Å². The summed E-state index contributed by atoms with van der Waals surface area (Å²) < 4.78 is 10.2. The van der Waals surface area contributed by atoms with Crippen LogP contribution in [0, 0.1) is 0 Å². The molecule has 268 valence electrons. The van der Waals surface area contributed by atoms with Crippen molar-refractivity contribution in [3.63, 3.8) is 0 Å². The highest BCUT2D eigenvalue weighted by molar-refractivity contribution is 6.13. The zero-order valence-electron chi connectivity index (χ0n) is 29.5. The second-order valence-electron chi connectivity index (χ2n) is 14.1. The number of para-hydroxylation sites is 4. The van der Waals surface area contributed by atoms with Crippen LogP contribution in [-0.2, 0) is 0 Å². The summed E-state index contributed by atoms with van der Waals surface area (Å²) in [7, 11) is 0. The van der Waals surface area contributed by atoms with Crippen LogP contribution >= 0.6 is 0 Å². The third-order valence-corrected chi connectivity index (χ3v) is 11.1. The molecule has 0 spiro atoms. The molecule has 3 aromatic heterocycles. The topological polar surface area (TPSA) is 124 Å². The molecule has 11 rings (SSSR count). The lowest BCUT2D eigenvalue weighted by molar-refractivity contribution is 0.327. The SMILES string of the molecule is Oc1c(O)c(O)c(-n2c3ccccc3c3cc(-c4ccc5c(c4)c4ccccc4n5-c4ccc(-c5cccc6c5oc5ccccc56)cc4)ccc32)c(O)c1O. The number of benzene rings is 8. The Hall–Kier alpha value is -7.84. The van der Waals surface area contributed by atoms with Crippen molar-refractivity contribution in [3.8, 4) is 62.4 Å². The second-order valence-corrected chi connectivity index (χ2v) is 14.1. The number of hydrogen-bond acceptors (Lipinski definition) is 6. The van der Waals surface area contributed by atoms with E-state index in [4.69, 9.17) is 4.42 Å². The van der Waals surface area contributed by atoms with Crippen LogP contribution in [0.25, 0.3) is 99.2 Å². The summed E-state index contributed by atoms with van der Waals surface area (Å²) in [6, 6.07) is 51.3. The Morgan fingerprint density at radius 2 is 0.839 bits per heavy atom. The van der Waals surface area contributed by atoms with Gasteiger partial charge in [0.15, 0.2) is 11.5 Å². The fraction of sp³-hybridized carbons (Fsp3) is 0. The first-order chi connectivity index (χ1) is 27.4. The monoisotopic (exact) mass is 730 g/mol. The molecule has 8 aromatic carbocycles. The Bertz CT molecular complexity index is 3400. The van der Waals surface area contributed by atoms with Crippen LogP contribution in [0.4, 0.5) is 0 Å². The van der Waals surface area contributed by atoms with E-state index in [-0.39, 0.29) is 5.69 Å². The molecule has 0 bridgehead atoms. The Morgan fingerprint density at radius 3 is 1.48 bits per heavy atom. The molecule has 3 heterocycles. The van der Waals surface area contributed by atoms with E-state index in [1.807, 2.05) is 54.6 Å². The van der Waals surface area contributed by atoms with Crippen LogP contribution in [0.2, 0.25) is 0 Å². The average Bonchev–Trinajstić information content (AvgIpc) is 3.90. The summed E-state index contributed by atoms with van der Waals surface area (Å²) in [6.45, 7) is 0. The Balaban J connectivity index is 1.04. The van der Waals surface area contributed by atoms with Crippen molar-refractivity contribution < 1.29 is 29.9 Å². The maximum absolute atomic E-state index is 10.9. The van der Waals surface area contributed by atoms with Gasteiger partial charge < -0.3 is 39.1 Å². The van der Waals surface area contributed by atoms with Gasteiger partial charge in [-0.15, -0.1) is 0 Å². The van der Waals surface area contributed by atoms with Gasteiger partial charge in [0, 0.05) is 43.6 Å². The first kappa shape index (κ1) is 31.7. The highest BCUT2D eigenvalue weighted by atomic mass is 16.4. The first-order valence-electron chi connectivity index (χ1n) is 18.1. The molecular weight excluding hydrogens is 701 g/mol. The number of hydrogen-bond donors (Lipinski definition) is 5. The van der Waals surface area contributed by atoms with Gasteiger partial charge in [-0.3, -0.25) is 0 Å². The van der Waals surface area contributed by atoms with Crippen molar-refractivity contribution in [2.75, 3.05) is 0 Å². The van der Waals surface area contributed by atoms with E-state index in [2.05, 4.69) is 102 Å². The third-order valence-electron chi connectivity index (χ3n) is 11.1. The molecular formula is C48H30N2O6. The molecule has 0 saturated heterocycles. The molecule has 0 aliphatic heterocycles. The maximum atomic E-state index is 10.9. The predicted molar refractivity (Wildman–Crippen MR) is 222 cm³/mol. The molecule has 0 saturated carbocycles. The smallest absolute Gasteiger partial charge is 0.208 e. The highest BCUT2D eigenvalue weighted by Gasteiger charge is 2.27. The molecule has 0 aliphatic rings. The van der Waals surface area contributed by atoms with Crippen molar-refractivity contribution in [3.05, 3.63) is 152 Å². The summed E-state index contributed by atoms with van der Waals surface area (Å²) in [4.78, 5) is 0. The first-order valence-corrected chi connectivity index (χ1v) is 18.1. The molecule has 8 heteroatoms. The van der Waals surface area contributed by atoms with Crippen molar-refractivity contribution in [1.82, 2.24) is 9.13 Å². The van der Waals surface area contributed by atoms with Crippen LogP contribution in [0.15, 0.2) is 156 Å². The van der Waals surface area contributed by atoms with Crippen LogP contribution in [-0.4, -0.2) is 34.7 Å². The van der Waals surface area contributed by atoms with Crippen LogP contribution in [0.1, 0.15) is 0 Å². The Morgan fingerprint density at radius 1 is 0.357 bits per heavy atom. The van der Waals surface area contributed by atoms with Gasteiger partial charge >= 0.3 is 0 Å². The lowest BCUT2D eigenvalue weighted by Crippen LogP contribution is -1.96. The van der Waals surface area contributed by atoms with E-state index < -0.39 is 28.7 Å². The molecule has 0 amide bonds. The van der Waals surface area contributed by atoms with Crippen LogP contribution in [0.3, 0.4) is 0 Å². The fourth-order valence-corrected chi connectivity index (χ4v) is 8.47. The van der Waals surface area contributed by atoms with Crippen molar-refractivity contribution in [2.45, 2.75) is 0 Å². The van der Waals surface area contributed by atoms with Crippen molar-refractivity contribution in [2.24, 2.45) is 0 Å². The number of phenolic OH excluding ortho intramolecular Hbond substituents is 5. The number of furan rings is 1. The summed E-state index contributed by atoms with van der Waals surface area (Å²) in [5, 5.41) is 58.7. The summed E-state index contributed by atoms with van der Waals surface area (Å²) in [5.74, 6) is -4.38. The molecule has 0 unspecified atom stereocenters. The van der Waals surface area contributed by atoms with Crippen LogP contribution in [0.5, 0.6) is 28.7 Å². The Kier molecular flexibility index (Phi) is 6.55. The lowest BCUT2D eigenvalue weighted by Gasteiger charge is -2.15. The zero-order valence-corrected chi connectivity index (χ0v) is 29.5. The van der Waals surface area contributed by atoms with Gasteiger partial charge in [-0.25, -0.2) is 0 Å². The number of aromatic hydroxyl groups is 5. The highest BCUT2D eigenvalue weighted by Crippen LogP contribution is 2.54. The number of rotatable bonds is 4. The normalized spacial score (nSPS) is 11.9. The molecule has 8 nitrogen and oxygen atoms in total. The van der Waals surface area contributed by atoms with Crippen LogP contribution < -0.4 is 0 Å². The van der Waals surface area contributed by atoms with E-state index in [0.717, 1.165) is 82.5 Å². The minimum absolute atomic E-state index is 0.245. The minimum Gasteiger partial charge on any atom is -0.503 e. The largest absolute Gasteiger partial charge is 0.503 e. The van der Waals surface area contributed by atoms with E-state index in [9.17, 15) is 25.5 Å². The second kappa shape index (κ2) is 11.6. The quantitative estimate of drug-likeness (QED) is 0.0907. The molecule has 0 atom stereocenters. The van der Waals surface area contributed by atoms with E-state index in [1.54, 1.807) is 4.57 Å². The van der Waals surface area contributed by atoms with Crippen molar-refractivity contribution in [1.29, 1.82) is 0 Å². The van der Waals surface area contributed by atoms with Gasteiger partial charge in [0.05, 0.1) is 22.1 Å². The number of nitrogens with zero attached hydrogens (tertiary/aromatic N) is 2. The third kappa shape index (κ3) is 4.35. The van der Waals surface area contributed by atoms with E-state index in [0.29, 0.717) is 11.0 Å². The number of fused-ring (bicyclic) bond motifs is 9. The molecule has 11 aromatic rings. The molecule has 56 heavy (non-hydrogen) atoms. The van der Waals surface area contributed by atoms with E-state index >= 15 is 0 Å². The molecule has 0 fully saturated rings. The lowest BCUT2D eigenvalue weighted by atomic mass is 10.0. The molecule has 0 aliphatic carbocycles. The van der Waals surface area contributed by atoms with Gasteiger partial charge in [-0.1, -0.05) is 97.1 Å². The fourth-order valence-electron chi connectivity index (χ4n) is 8.47. The van der Waals surface area contributed by atoms with Gasteiger partial charge in [-0.2, -0.15) is 0 Å².